The van der Waals surface area contributed by atoms with Gasteiger partial charge < -0.3 is 10.0 Å². The summed E-state index contributed by atoms with van der Waals surface area (Å²) in [5.74, 6) is -0.0241. The lowest BCUT2D eigenvalue weighted by molar-refractivity contribution is -0.156. The molecular formula is C24H28Cl2N2O2. The molecular weight excluding hydrogens is 419 g/mol. The Bertz CT molecular complexity index is 898. The van der Waals surface area contributed by atoms with Crippen molar-refractivity contribution in [2.24, 2.45) is 5.41 Å². The Kier molecular flexibility index (Phi) is 7.22. The number of benzene rings is 1. The largest absolute Gasteiger partial charge is 0.394 e. The predicted octanol–water partition coefficient (Wildman–Crippen LogP) is 5.80. The first kappa shape index (κ1) is 22.8. The maximum Gasteiger partial charge on any atom is 0.229 e. The highest BCUT2D eigenvalue weighted by Crippen LogP contribution is 2.51. The lowest BCUT2D eigenvalue weighted by atomic mass is 9.67. The molecule has 1 aliphatic rings. The number of aliphatic hydroxyl groups is 1. The molecule has 2 heterocycles. The van der Waals surface area contributed by atoms with Crippen LogP contribution in [0.5, 0.6) is 0 Å². The molecule has 1 fully saturated rings. The number of carbonyl (C=O) groups excluding carboxylic acids is 1. The summed E-state index contributed by atoms with van der Waals surface area (Å²) in [6, 6.07) is 10.8. The van der Waals surface area contributed by atoms with Crippen LogP contribution in [0.1, 0.15) is 56.3 Å². The van der Waals surface area contributed by atoms with Crippen LogP contribution >= 0.6 is 23.2 Å². The van der Waals surface area contributed by atoms with Crippen LogP contribution in [0, 0.1) is 5.41 Å². The summed E-state index contributed by atoms with van der Waals surface area (Å²) in [7, 11) is 0. The first-order chi connectivity index (χ1) is 14.3. The number of likely N-dealkylation sites (tertiary alicyclic amines) is 1. The first-order valence-electron chi connectivity index (χ1n) is 10.3. The number of aliphatic hydroxyl groups excluding tert-OH is 1. The number of carbonyl (C=O) groups is 1. The molecule has 1 aromatic carbocycles. The van der Waals surface area contributed by atoms with Crippen LogP contribution in [0.25, 0.3) is 0 Å². The van der Waals surface area contributed by atoms with E-state index in [0.717, 1.165) is 11.3 Å². The molecule has 3 unspecified atom stereocenters. The van der Waals surface area contributed by atoms with E-state index in [1.54, 1.807) is 18.3 Å². The zero-order chi connectivity index (χ0) is 21.9. The Morgan fingerprint density at radius 3 is 2.67 bits per heavy atom. The van der Waals surface area contributed by atoms with Crippen molar-refractivity contribution in [3.05, 3.63) is 76.6 Å². The van der Waals surface area contributed by atoms with Crippen LogP contribution in [0.15, 0.2) is 55.3 Å². The molecule has 3 rings (SSSR count). The Balaban J connectivity index is 2.22. The SMILES string of the molecule is C=CCC1(C)CC(c2cccc(Cl)c2)C(c2ccc(Cl)cn2)N([C@@H](CC)CO)C1=O. The molecule has 0 aliphatic carbocycles. The lowest BCUT2D eigenvalue weighted by Crippen LogP contribution is -2.56. The average Bonchev–Trinajstić information content (AvgIpc) is 2.73. The van der Waals surface area contributed by atoms with Crippen molar-refractivity contribution >= 4 is 29.1 Å². The maximum atomic E-state index is 13.8. The van der Waals surface area contributed by atoms with E-state index < -0.39 is 5.41 Å². The van der Waals surface area contributed by atoms with Gasteiger partial charge in [-0.1, -0.05) is 55.3 Å². The molecule has 2 aromatic rings. The number of hydrogen-bond acceptors (Lipinski definition) is 3. The fourth-order valence-corrected chi connectivity index (χ4v) is 4.87. The number of pyridine rings is 1. The Morgan fingerprint density at radius 1 is 1.33 bits per heavy atom. The molecule has 1 aliphatic heterocycles. The first-order valence-corrected chi connectivity index (χ1v) is 11.0. The van der Waals surface area contributed by atoms with E-state index >= 15 is 0 Å². The number of allylic oxidation sites excluding steroid dienone is 1. The van der Waals surface area contributed by atoms with Gasteiger partial charge in [0.15, 0.2) is 0 Å². The summed E-state index contributed by atoms with van der Waals surface area (Å²) in [5, 5.41) is 11.3. The minimum atomic E-state index is -0.625. The highest BCUT2D eigenvalue weighted by molar-refractivity contribution is 6.30. The van der Waals surface area contributed by atoms with Crippen molar-refractivity contribution in [1.29, 1.82) is 0 Å². The molecule has 1 amide bonds. The van der Waals surface area contributed by atoms with Crippen LogP contribution in [0.2, 0.25) is 10.0 Å². The summed E-state index contributed by atoms with van der Waals surface area (Å²) in [4.78, 5) is 20.2. The van der Waals surface area contributed by atoms with E-state index in [1.807, 2.05) is 49.1 Å². The second-order valence-electron chi connectivity index (χ2n) is 8.22. The Morgan fingerprint density at radius 2 is 2.10 bits per heavy atom. The fourth-order valence-electron chi connectivity index (χ4n) is 4.56. The fraction of sp³-hybridized carbons (Fsp3) is 0.417. The van der Waals surface area contributed by atoms with Gasteiger partial charge in [0.25, 0.3) is 0 Å². The molecule has 4 atom stereocenters. The van der Waals surface area contributed by atoms with Gasteiger partial charge in [0, 0.05) is 17.1 Å². The minimum absolute atomic E-state index is 0.0170. The highest BCUT2D eigenvalue weighted by atomic mass is 35.5. The minimum Gasteiger partial charge on any atom is -0.394 e. The Hall–Kier alpha value is -1.88. The normalized spacial score (nSPS) is 25.2. The second kappa shape index (κ2) is 9.51. The van der Waals surface area contributed by atoms with E-state index in [-0.39, 0.29) is 30.5 Å². The van der Waals surface area contributed by atoms with Gasteiger partial charge in [0.1, 0.15) is 0 Å². The van der Waals surface area contributed by atoms with Gasteiger partial charge in [-0.05, 0) is 49.1 Å². The molecule has 6 heteroatoms. The topological polar surface area (TPSA) is 53.4 Å². The maximum absolute atomic E-state index is 13.8. The van der Waals surface area contributed by atoms with Gasteiger partial charge in [-0.25, -0.2) is 0 Å². The van der Waals surface area contributed by atoms with Gasteiger partial charge in [-0.2, -0.15) is 0 Å². The van der Waals surface area contributed by atoms with Crippen LogP contribution in [0.3, 0.4) is 0 Å². The van der Waals surface area contributed by atoms with Crippen LogP contribution in [0.4, 0.5) is 0 Å². The van der Waals surface area contributed by atoms with Crippen molar-refractivity contribution in [3.63, 3.8) is 0 Å². The molecule has 160 valence electrons. The molecule has 30 heavy (non-hydrogen) atoms. The summed E-state index contributed by atoms with van der Waals surface area (Å²) >= 11 is 12.4. The lowest BCUT2D eigenvalue weighted by Gasteiger charge is -2.51. The standard InChI is InChI=1S/C24H28Cl2N2O2/c1-4-11-24(3)13-20(16-7-6-8-17(25)12-16)22(21-10-9-18(26)14-27-21)28(23(24)30)19(5-2)15-29/h4,6-10,12,14,19-20,22,29H,1,5,11,13,15H2,2-3H3/t19-,20?,22?,24?/m0/s1. The second-order valence-corrected chi connectivity index (χ2v) is 9.10. The molecule has 0 saturated carbocycles. The van der Waals surface area contributed by atoms with Gasteiger partial charge in [-0.3, -0.25) is 9.78 Å². The van der Waals surface area contributed by atoms with Crippen LogP contribution in [-0.4, -0.2) is 33.5 Å². The predicted molar refractivity (Wildman–Crippen MR) is 122 cm³/mol. The van der Waals surface area contributed by atoms with Gasteiger partial charge >= 0.3 is 0 Å². The quantitative estimate of drug-likeness (QED) is 0.546. The third kappa shape index (κ3) is 4.41. The third-order valence-corrected chi connectivity index (χ3v) is 6.56. The summed E-state index contributed by atoms with van der Waals surface area (Å²) in [6.45, 7) is 7.73. The van der Waals surface area contributed by atoms with E-state index in [0.29, 0.717) is 29.3 Å². The summed E-state index contributed by atoms with van der Waals surface area (Å²) in [6.07, 6.45) is 5.23. The van der Waals surface area contributed by atoms with Crippen molar-refractivity contribution in [1.82, 2.24) is 9.88 Å². The molecule has 0 bridgehead atoms. The van der Waals surface area contributed by atoms with Crippen molar-refractivity contribution < 1.29 is 9.90 Å². The Labute approximate surface area is 188 Å². The van der Waals surface area contributed by atoms with E-state index in [1.165, 1.54) is 0 Å². The van der Waals surface area contributed by atoms with E-state index in [4.69, 9.17) is 23.2 Å². The number of amides is 1. The van der Waals surface area contributed by atoms with E-state index in [9.17, 15) is 9.90 Å². The molecule has 0 radical (unpaired) electrons. The number of halogens is 2. The summed E-state index contributed by atoms with van der Waals surface area (Å²) in [5.41, 5.74) is 1.18. The van der Waals surface area contributed by atoms with Gasteiger partial charge in [0.05, 0.1) is 34.8 Å². The third-order valence-electron chi connectivity index (χ3n) is 6.10. The molecule has 1 saturated heterocycles. The summed E-state index contributed by atoms with van der Waals surface area (Å²) < 4.78 is 0. The molecule has 4 nitrogen and oxygen atoms in total. The zero-order valence-electron chi connectivity index (χ0n) is 17.4. The number of nitrogens with zero attached hydrogens (tertiary/aromatic N) is 2. The van der Waals surface area contributed by atoms with E-state index in [2.05, 4.69) is 11.6 Å². The highest BCUT2D eigenvalue weighted by Gasteiger charge is 2.51. The number of piperidine rings is 1. The molecule has 1 N–H and O–H groups in total. The number of rotatable bonds is 7. The van der Waals surface area contributed by atoms with Crippen LogP contribution in [-0.2, 0) is 4.79 Å². The molecule has 0 spiro atoms. The zero-order valence-corrected chi connectivity index (χ0v) is 18.9. The molecule has 1 aromatic heterocycles. The van der Waals surface area contributed by atoms with Crippen molar-refractivity contribution in [2.45, 2.75) is 51.1 Å². The smallest absolute Gasteiger partial charge is 0.229 e. The monoisotopic (exact) mass is 446 g/mol. The average molecular weight is 447 g/mol. The number of hydrogen-bond donors (Lipinski definition) is 1. The van der Waals surface area contributed by atoms with Crippen molar-refractivity contribution in [2.75, 3.05) is 6.61 Å². The van der Waals surface area contributed by atoms with Gasteiger partial charge in [0.2, 0.25) is 5.91 Å². The number of aromatic nitrogens is 1. The van der Waals surface area contributed by atoms with Crippen molar-refractivity contribution in [3.8, 4) is 0 Å². The van der Waals surface area contributed by atoms with Gasteiger partial charge in [-0.15, -0.1) is 6.58 Å². The van der Waals surface area contributed by atoms with Crippen LogP contribution < -0.4 is 0 Å².